The summed E-state index contributed by atoms with van der Waals surface area (Å²) in [6, 6.07) is 11.7. The predicted molar refractivity (Wildman–Crippen MR) is 121 cm³/mol. The molecule has 1 amide bonds. The Morgan fingerprint density at radius 2 is 2.06 bits per heavy atom. The van der Waals surface area contributed by atoms with E-state index in [4.69, 9.17) is 11.6 Å². The van der Waals surface area contributed by atoms with Crippen LogP contribution in [0.15, 0.2) is 61.1 Å². The summed E-state index contributed by atoms with van der Waals surface area (Å²) in [4.78, 5) is 17.5. The van der Waals surface area contributed by atoms with Gasteiger partial charge in [-0.15, -0.1) is 11.6 Å². The first-order valence-electron chi connectivity index (χ1n) is 10.8. The van der Waals surface area contributed by atoms with E-state index in [-0.39, 0.29) is 29.1 Å². The Kier molecular flexibility index (Phi) is 5.43. The van der Waals surface area contributed by atoms with Gasteiger partial charge in [0.25, 0.3) is 5.91 Å². The van der Waals surface area contributed by atoms with Gasteiger partial charge in [0.2, 0.25) is 0 Å². The minimum Gasteiger partial charge on any atom is -0.347 e. The lowest BCUT2D eigenvalue weighted by atomic mass is 9.80. The van der Waals surface area contributed by atoms with Gasteiger partial charge in [-0.2, -0.15) is 5.10 Å². The summed E-state index contributed by atoms with van der Waals surface area (Å²) >= 11 is 6.81. The van der Waals surface area contributed by atoms with Crippen LogP contribution in [0.5, 0.6) is 0 Å². The van der Waals surface area contributed by atoms with E-state index in [0.717, 1.165) is 41.9 Å². The molecule has 1 aliphatic rings. The lowest BCUT2D eigenvalue weighted by Crippen LogP contribution is -2.43. The van der Waals surface area contributed by atoms with Gasteiger partial charge < -0.3 is 5.32 Å². The topological polar surface area (TPSA) is 64.2 Å². The van der Waals surface area contributed by atoms with Gasteiger partial charge in [-0.1, -0.05) is 13.0 Å². The molecule has 0 saturated carbocycles. The minimum atomic E-state index is -0.283. The van der Waals surface area contributed by atoms with Gasteiger partial charge >= 0.3 is 0 Å². The molecule has 1 aromatic carbocycles. The summed E-state index contributed by atoms with van der Waals surface area (Å²) in [5.74, 6) is -0.546. The summed E-state index contributed by atoms with van der Waals surface area (Å²) in [6.07, 6.45) is 7.52. The fourth-order valence-electron chi connectivity index (χ4n) is 4.63. The lowest BCUT2D eigenvalue weighted by molar-refractivity contribution is 0.0922. The van der Waals surface area contributed by atoms with Crippen molar-refractivity contribution < 1.29 is 9.18 Å². The number of pyridine rings is 1. The molecule has 0 fully saturated rings. The molecule has 8 heteroatoms. The van der Waals surface area contributed by atoms with Crippen LogP contribution in [-0.4, -0.2) is 36.5 Å². The summed E-state index contributed by atoms with van der Waals surface area (Å²) < 4.78 is 17.0. The number of rotatable bonds is 5. The number of nitrogens with one attached hydrogen (secondary N) is 1. The zero-order valence-electron chi connectivity index (χ0n) is 17.6. The zero-order valence-corrected chi connectivity index (χ0v) is 18.3. The number of carbonyl (C=O) groups excluding carboxylic acids is 1. The number of benzene rings is 1. The molecule has 32 heavy (non-hydrogen) atoms. The second-order valence-corrected chi connectivity index (χ2v) is 8.64. The van der Waals surface area contributed by atoms with Gasteiger partial charge in [0.05, 0.1) is 18.1 Å². The van der Waals surface area contributed by atoms with Gasteiger partial charge in [0.15, 0.2) is 0 Å². The molecule has 3 heterocycles. The third-order valence-corrected chi connectivity index (χ3v) is 6.71. The molecule has 164 valence electrons. The van der Waals surface area contributed by atoms with Crippen molar-refractivity contribution in [2.45, 2.75) is 43.5 Å². The molecule has 1 aliphatic carbocycles. The van der Waals surface area contributed by atoms with Crippen molar-refractivity contribution in [1.29, 1.82) is 0 Å². The zero-order chi connectivity index (χ0) is 22.2. The summed E-state index contributed by atoms with van der Waals surface area (Å²) in [7, 11) is 0. The summed E-state index contributed by atoms with van der Waals surface area (Å²) in [5.41, 5.74) is 4.11. The van der Waals surface area contributed by atoms with Gasteiger partial charge in [-0.25, -0.2) is 14.1 Å². The first kappa shape index (κ1) is 20.7. The number of aromatic nitrogens is 4. The highest BCUT2D eigenvalue weighted by molar-refractivity contribution is 6.21. The van der Waals surface area contributed by atoms with Crippen molar-refractivity contribution in [2.24, 2.45) is 0 Å². The highest BCUT2D eigenvalue weighted by atomic mass is 35.5. The number of hydrogen-bond acceptors (Lipinski definition) is 3. The Bertz CT molecular complexity index is 1270. The van der Waals surface area contributed by atoms with Crippen LogP contribution in [0, 0.1) is 5.82 Å². The van der Waals surface area contributed by atoms with Crippen molar-refractivity contribution >= 4 is 23.2 Å². The second-order valence-electron chi connectivity index (χ2n) is 8.08. The van der Waals surface area contributed by atoms with Crippen LogP contribution < -0.4 is 5.32 Å². The maximum Gasteiger partial charge on any atom is 0.270 e. The van der Waals surface area contributed by atoms with E-state index in [2.05, 4.69) is 15.4 Å². The Labute approximate surface area is 190 Å². The molecule has 0 radical (unpaired) electrons. The van der Waals surface area contributed by atoms with Crippen LogP contribution in [0.2, 0.25) is 0 Å². The molecule has 5 rings (SSSR count). The molecule has 0 bridgehead atoms. The number of halogens is 2. The van der Waals surface area contributed by atoms with Gasteiger partial charge in [-0.3, -0.25) is 9.20 Å². The Balaban J connectivity index is 1.45. The molecular formula is C24H23ClFN5O. The van der Waals surface area contributed by atoms with Crippen molar-refractivity contribution in [3.8, 4) is 5.69 Å². The summed E-state index contributed by atoms with van der Waals surface area (Å²) in [5, 5.41) is 7.64. The minimum absolute atomic E-state index is 0.0808. The van der Waals surface area contributed by atoms with Gasteiger partial charge in [0.1, 0.15) is 17.2 Å². The van der Waals surface area contributed by atoms with E-state index >= 15 is 0 Å². The second kappa shape index (κ2) is 8.39. The van der Waals surface area contributed by atoms with E-state index < -0.39 is 0 Å². The fourth-order valence-corrected chi connectivity index (χ4v) is 5.05. The third kappa shape index (κ3) is 3.56. The molecule has 0 saturated heterocycles. The first-order valence-corrected chi connectivity index (χ1v) is 11.2. The van der Waals surface area contributed by atoms with Crippen LogP contribution >= 0.6 is 11.6 Å². The SMILES string of the molecule is CCC(NC(=O)c1cnc2ccccn12)C1c2cnn(-c3ccc(F)cc3)c2CCC1Cl. The van der Waals surface area contributed by atoms with E-state index in [1.54, 1.807) is 22.7 Å². The van der Waals surface area contributed by atoms with Crippen LogP contribution in [0.25, 0.3) is 11.3 Å². The van der Waals surface area contributed by atoms with Crippen LogP contribution in [0.1, 0.15) is 47.4 Å². The highest BCUT2D eigenvalue weighted by Crippen LogP contribution is 2.39. The Morgan fingerprint density at radius 1 is 1.25 bits per heavy atom. The summed E-state index contributed by atoms with van der Waals surface area (Å²) in [6.45, 7) is 2.04. The van der Waals surface area contributed by atoms with Crippen molar-refractivity contribution in [2.75, 3.05) is 0 Å². The molecule has 6 nitrogen and oxygen atoms in total. The number of alkyl halides is 1. The number of carbonyl (C=O) groups is 1. The smallest absolute Gasteiger partial charge is 0.270 e. The number of hydrogen-bond donors (Lipinski definition) is 1. The number of fused-ring (bicyclic) bond motifs is 2. The van der Waals surface area contributed by atoms with Crippen molar-refractivity contribution in [3.63, 3.8) is 0 Å². The average molecular weight is 452 g/mol. The highest BCUT2D eigenvalue weighted by Gasteiger charge is 2.37. The molecule has 0 aliphatic heterocycles. The number of nitrogens with zero attached hydrogens (tertiary/aromatic N) is 4. The van der Waals surface area contributed by atoms with Gasteiger partial charge in [0, 0.05) is 34.8 Å². The molecule has 1 N–H and O–H groups in total. The van der Waals surface area contributed by atoms with E-state index in [1.165, 1.54) is 12.1 Å². The third-order valence-electron chi connectivity index (χ3n) is 6.22. The van der Waals surface area contributed by atoms with Crippen molar-refractivity contribution in [1.82, 2.24) is 24.5 Å². The molecule has 3 atom stereocenters. The van der Waals surface area contributed by atoms with E-state index in [0.29, 0.717) is 5.69 Å². The molecular weight excluding hydrogens is 429 g/mol. The molecule has 4 aromatic rings. The van der Waals surface area contributed by atoms with Crippen LogP contribution in [0.3, 0.4) is 0 Å². The maximum absolute atomic E-state index is 13.4. The number of imidazole rings is 1. The average Bonchev–Trinajstić information content (AvgIpc) is 3.43. The maximum atomic E-state index is 13.4. The fraction of sp³-hybridized carbons (Fsp3) is 0.292. The molecule has 3 unspecified atom stereocenters. The van der Waals surface area contributed by atoms with Gasteiger partial charge in [-0.05, 0) is 55.7 Å². The standard InChI is InChI=1S/C24H23ClFN5O/c1-2-19(29-24(32)21-14-27-22-5-3-4-12-30(21)22)23-17-13-28-31(20(17)11-10-18(23)25)16-8-6-15(26)7-9-16/h3-9,12-14,18-19,23H,2,10-11H2,1H3,(H,29,32). The Morgan fingerprint density at radius 3 is 2.84 bits per heavy atom. The predicted octanol–water partition coefficient (Wildman–Crippen LogP) is 4.50. The van der Waals surface area contributed by atoms with Crippen molar-refractivity contribution in [3.05, 3.63) is 83.8 Å². The molecule has 0 spiro atoms. The van der Waals surface area contributed by atoms with Crippen LogP contribution in [-0.2, 0) is 6.42 Å². The monoisotopic (exact) mass is 451 g/mol. The normalized spacial score (nSPS) is 19.0. The first-order chi connectivity index (χ1) is 15.6. The van der Waals surface area contributed by atoms with E-state index in [9.17, 15) is 9.18 Å². The Hall–Kier alpha value is -3.19. The largest absolute Gasteiger partial charge is 0.347 e. The van der Waals surface area contributed by atoms with Crippen LogP contribution in [0.4, 0.5) is 4.39 Å². The number of amides is 1. The quantitative estimate of drug-likeness (QED) is 0.454. The molecule has 3 aromatic heterocycles. The lowest BCUT2D eigenvalue weighted by Gasteiger charge is -2.34. The van der Waals surface area contributed by atoms with E-state index in [1.807, 2.05) is 42.2 Å².